The smallest absolute Gasteiger partial charge is 0.240 e. The lowest BCUT2D eigenvalue weighted by molar-refractivity contribution is 0.0967. The van der Waals surface area contributed by atoms with Gasteiger partial charge < -0.3 is 0 Å². The van der Waals surface area contributed by atoms with Gasteiger partial charge in [0.1, 0.15) is 0 Å². The first-order valence-electron chi connectivity index (χ1n) is 8.09. The summed E-state index contributed by atoms with van der Waals surface area (Å²) in [6.07, 6.45) is 6.84. The van der Waals surface area contributed by atoms with Crippen LogP contribution in [0.4, 0.5) is 0 Å². The highest BCUT2D eigenvalue weighted by molar-refractivity contribution is 7.89. The van der Waals surface area contributed by atoms with E-state index in [-0.39, 0.29) is 16.6 Å². The molecule has 6 heteroatoms. The van der Waals surface area contributed by atoms with Crippen molar-refractivity contribution < 1.29 is 13.2 Å². The van der Waals surface area contributed by atoms with E-state index < -0.39 is 10.0 Å². The maximum Gasteiger partial charge on any atom is 0.240 e. The second-order valence-corrected chi connectivity index (χ2v) is 7.79. The maximum atomic E-state index is 12.3. The Morgan fingerprint density at radius 2 is 1.92 bits per heavy atom. The summed E-state index contributed by atoms with van der Waals surface area (Å²) < 4.78 is 27.1. The van der Waals surface area contributed by atoms with Crippen molar-refractivity contribution in [3.8, 4) is 0 Å². The third kappa shape index (κ3) is 4.27. The van der Waals surface area contributed by atoms with Crippen molar-refractivity contribution >= 4 is 15.8 Å². The van der Waals surface area contributed by atoms with E-state index in [4.69, 9.17) is 0 Å². The van der Waals surface area contributed by atoms with Crippen molar-refractivity contribution in [1.82, 2.24) is 9.71 Å². The minimum atomic E-state index is -3.54. The van der Waals surface area contributed by atoms with Crippen LogP contribution in [0.1, 0.15) is 35.2 Å². The second kappa shape index (κ2) is 7.23. The molecule has 0 saturated heterocycles. The first kappa shape index (κ1) is 16.8. The number of nitrogens with zero attached hydrogens (tertiary/aromatic N) is 1. The molecule has 0 atom stereocenters. The number of Topliss-reactive ketones (excluding diaryl/α,β-unsaturated/α-hetero) is 1. The van der Waals surface area contributed by atoms with E-state index in [0.717, 1.165) is 24.8 Å². The van der Waals surface area contributed by atoms with E-state index in [1.165, 1.54) is 12.1 Å². The van der Waals surface area contributed by atoms with E-state index in [2.05, 4.69) is 9.71 Å². The highest BCUT2D eigenvalue weighted by Crippen LogP contribution is 2.32. The van der Waals surface area contributed by atoms with Crippen LogP contribution < -0.4 is 4.72 Å². The number of pyridine rings is 1. The SMILES string of the molecule is O=C(c1ccc(S(=O)(=O)NCCCc2cccnc2)cc1)C1CC1. The number of hydrogen-bond donors (Lipinski definition) is 1. The fourth-order valence-corrected chi connectivity index (χ4v) is 3.58. The van der Waals surface area contributed by atoms with Crippen LogP contribution in [0.25, 0.3) is 0 Å². The monoisotopic (exact) mass is 344 g/mol. The molecule has 1 heterocycles. The number of aromatic nitrogens is 1. The molecule has 0 aliphatic heterocycles. The van der Waals surface area contributed by atoms with Gasteiger partial charge in [0.25, 0.3) is 0 Å². The van der Waals surface area contributed by atoms with Gasteiger partial charge >= 0.3 is 0 Å². The van der Waals surface area contributed by atoms with Crippen molar-refractivity contribution in [3.63, 3.8) is 0 Å². The average molecular weight is 344 g/mol. The number of benzene rings is 1. The molecule has 1 aliphatic rings. The Kier molecular flexibility index (Phi) is 5.06. The van der Waals surface area contributed by atoms with Gasteiger partial charge in [-0.15, -0.1) is 0 Å². The molecule has 1 aromatic carbocycles. The predicted octanol–water partition coefficient (Wildman–Crippen LogP) is 2.59. The van der Waals surface area contributed by atoms with Crippen LogP contribution >= 0.6 is 0 Å². The number of ketones is 1. The number of aryl methyl sites for hydroxylation is 1. The molecule has 0 radical (unpaired) electrons. The number of carbonyl (C=O) groups excluding carboxylic acids is 1. The van der Waals surface area contributed by atoms with Gasteiger partial charge in [-0.3, -0.25) is 9.78 Å². The lowest BCUT2D eigenvalue weighted by Gasteiger charge is -2.07. The van der Waals surface area contributed by atoms with Crippen molar-refractivity contribution in [1.29, 1.82) is 0 Å². The van der Waals surface area contributed by atoms with Crippen molar-refractivity contribution in [3.05, 3.63) is 59.9 Å². The Bertz CT molecular complexity index is 798. The molecule has 2 aromatic rings. The summed E-state index contributed by atoms with van der Waals surface area (Å²) in [4.78, 5) is 16.2. The maximum absolute atomic E-state index is 12.3. The highest BCUT2D eigenvalue weighted by Gasteiger charge is 2.30. The van der Waals surface area contributed by atoms with Gasteiger partial charge in [0.2, 0.25) is 10.0 Å². The van der Waals surface area contributed by atoms with Crippen LogP contribution in [-0.2, 0) is 16.4 Å². The molecule has 1 fully saturated rings. The molecular formula is C18H20N2O3S. The number of rotatable bonds is 8. The summed E-state index contributed by atoms with van der Waals surface area (Å²) in [7, 11) is -3.54. The van der Waals surface area contributed by atoms with Crippen LogP contribution in [0.15, 0.2) is 53.7 Å². The quantitative estimate of drug-likeness (QED) is 0.590. The molecular weight excluding hydrogens is 324 g/mol. The molecule has 1 N–H and O–H groups in total. The van der Waals surface area contributed by atoms with Gasteiger partial charge in [-0.25, -0.2) is 13.1 Å². The Labute approximate surface area is 142 Å². The van der Waals surface area contributed by atoms with E-state index in [9.17, 15) is 13.2 Å². The molecule has 3 rings (SSSR count). The number of hydrogen-bond acceptors (Lipinski definition) is 4. The predicted molar refractivity (Wildman–Crippen MR) is 91.2 cm³/mol. The van der Waals surface area contributed by atoms with Crippen LogP contribution in [0.3, 0.4) is 0 Å². The van der Waals surface area contributed by atoms with Crippen LogP contribution in [0, 0.1) is 5.92 Å². The third-order valence-corrected chi connectivity index (χ3v) is 5.53. The van der Waals surface area contributed by atoms with Crippen LogP contribution in [-0.4, -0.2) is 25.7 Å². The minimum absolute atomic E-state index is 0.114. The molecule has 1 saturated carbocycles. The Hall–Kier alpha value is -2.05. The molecule has 0 unspecified atom stereocenters. The largest absolute Gasteiger partial charge is 0.294 e. The minimum Gasteiger partial charge on any atom is -0.294 e. The normalized spacial score (nSPS) is 14.5. The van der Waals surface area contributed by atoms with E-state index in [1.54, 1.807) is 24.5 Å². The van der Waals surface area contributed by atoms with Gasteiger partial charge in [0.05, 0.1) is 4.90 Å². The number of sulfonamides is 1. The summed E-state index contributed by atoms with van der Waals surface area (Å²) in [6.45, 7) is 0.361. The summed E-state index contributed by atoms with van der Waals surface area (Å²) >= 11 is 0. The lowest BCUT2D eigenvalue weighted by atomic mass is 10.1. The molecule has 1 aliphatic carbocycles. The van der Waals surface area contributed by atoms with Crippen molar-refractivity contribution in [2.24, 2.45) is 5.92 Å². The first-order valence-corrected chi connectivity index (χ1v) is 9.57. The Morgan fingerprint density at radius 1 is 1.17 bits per heavy atom. The fourth-order valence-electron chi connectivity index (χ4n) is 2.51. The zero-order valence-electron chi connectivity index (χ0n) is 13.3. The van der Waals surface area contributed by atoms with Crippen LogP contribution in [0.2, 0.25) is 0 Å². The summed E-state index contributed by atoms with van der Waals surface area (Å²) in [6, 6.07) is 10.0. The Balaban J connectivity index is 1.53. The van der Waals surface area contributed by atoms with Crippen molar-refractivity contribution in [2.75, 3.05) is 6.54 Å². The molecule has 0 spiro atoms. The Morgan fingerprint density at radius 3 is 2.54 bits per heavy atom. The number of carbonyl (C=O) groups is 1. The van der Waals surface area contributed by atoms with Crippen molar-refractivity contribution in [2.45, 2.75) is 30.6 Å². The summed E-state index contributed by atoms with van der Waals surface area (Å²) in [5.74, 6) is 0.251. The summed E-state index contributed by atoms with van der Waals surface area (Å²) in [5.41, 5.74) is 1.67. The molecule has 126 valence electrons. The number of nitrogens with one attached hydrogen (secondary N) is 1. The van der Waals surface area contributed by atoms with Gasteiger partial charge in [0, 0.05) is 30.4 Å². The fraction of sp³-hybridized carbons (Fsp3) is 0.333. The van der Waals surface area contributed by atoms with Gasteiger partial charge in [-0.05, 0) is 49.4 Å². The van der Waals surface area contributed by atoms with Gasteiger partial charge in [-0.2, -0.15) is 0 Å². The zero-order chi connectivity index (χ0) is 17.0. The average Bonchev–Trinajstić information content (AvgIpc) is 3.44. The molecule has 1 aromatic heterocycles. The van der Waals surface area contributed by atoms with Gasteiger partial charge in [0.15, 0.2) is 5.78 Å². The standard InChI is InChI=1S/C18H20N2O3S/c21-18(15-5-6-15)16-7-9-17(10-8-16)24(22,23)20-12-2-4-14-3-1-11-19-13-14/h1,3,7-11,13,15,20H,2,4-6,12H2. The van der Waals surface area contributed by atoms with E-state index >= 15 is 0 Å². The molecule has 5 nitrogen and oxygen atoms in total. The highest BCUT2D eigenvalue weighted by atomic mass is 32.2. The zero-order valence-corrected chi connectivity index (χ0v) is 14.1. The first-order chi connectivity index (χ1) is 11.6. The third-order valence-electron chi connectivity index (χ3n) is 4.05. The van der Waals surface area contributed by atoms with Gasteiger partial charge in [-0.1, -0.05) is 18.2 Å². The molecule has 0 bridgehead atoms. The molecule has 24 heavy (non-hydrogen) atoms. The second-order valence-electron chi connectivity index (χ2n) is 6.03. The van der Waals surface area contributed by atoms with E-state index in [1.807, 2.05) is 12.1 Å². The summed E-state index contributed by atoms with van der Waals surface area (Å²) in [5, 5.41) is 0. The van der Waals surface area contributed by atoms with E-state index in [0.29, 0.717) is 18.5 Å². The topological polar surface area (TPSA) is 76.1 Å². The molecule has 0 amide bonds. The lowest BCUT2D eigenvalue weighted by Crippen LogP contribution is -2.25. The van der Waals surface area contributed by atoms with Crippen LogP contribution in [0.5, 0.6) is 0 Å².